The predicted molar refractivity (Wildman–Crippen MR) is 124 cm³/mol. The van der Waals surface area contributed by atoms with E-state index in [0.717, 1.165) is 27.6 Å². The minimum Gasteiger partial charge on any atom is -0.406 e. The van der Waals surface area contributed by atoms with E-state index in [1.54, 1.807) is 24.3 Å². The van der Waals surface area contributed by atoms with Crippen molar-refractivity contribution in [3.63, 3.8) is 0 Å². The maximum atomic E-state index is 13.2. The molecule has 3 aromatic rings. The molecule has 0 radical (unpaired) electrons. The van der Waals surface area contributed by atoms with Gasteiger partial charge in [-0.15, -0.1) is 13.2 Å². The maximum absolute atomic E-state index is 13.2. The first-order valence-corrected chi connectivity index (χ1v) is 12.5. The molecule has 1 atom stereocenters. The lowest BCUT2D eigenvalue weighted by atomic mass is 10.0. The number of nitrogens with one attached hydrogen (secondary N) is 1. The van der Waals surface area contributed by atoms with Crippen LogP contribution in [0, 0.1) is 5.82 Å². The van der Waals surface area contributed by atoms with Crippen molar-refractivity contribution < 1.29 is 35.5 Å². The Kier molecular flexibility index (Phi) is 7.32. The molecule has 1 unspecified atom stereocenters. The molecule has 1 saturated heterocycles. The second kappa shape index (κ2) is 10.3. The second-order valence-electron chi connectivity index (χ2n) is 8.22. The van der Waals surface area contributed by atoms with Crippen LogP contribution in [-0.2, 0) is 21.4 Å². The fourth-order valence-electron chi connectivity index (χ4n) is 4.05. The van der Waals surface area contributed by atoms with Gasteiger partial charge in [-0.3, -0.25) is 4.79 Å². The number of hydrogen-bond donors (Lipinski definition) is 1. The summed E-state index contributed by atoms with van der Waals surface area (Å²) in [4.78, 5) is 12.8. The van der Waals surface area contributed by atoms with E-state index in [9.17, 15) is 30.8 Å². The van der Waals surface area contributed by atoms with Gasteiger partial charge in [-0.25, -0.2) is 12.8 Å². The van der Waals surface area contributed by atoms with Crippen molar-refractivity contribution in [1.82, 2.24) is 9.62 Å². The van der Waals surface area contributed by atoms with Gasteiger partial charge in [-0.2, -0.15) is 4.31 Å². The van der Waals surface area contributed by atoms with Gasteiger partial charge in [0, 0.05) is 13.1 Å². The van der Waals surface area contributed by atoms with E-state index < -0.39 is 34.2 Å². The monoisotopic (exact) mass is 522 g/mol. The third kappa shape index (κ3) is 6.03. The summed E-state index contributed by atoms with van der Waals surface area (Å²) in [6.07, 6.45) is -3.90. The number of rotatable bonds is 7. The topological polar surface area (TPSA) is 75.7 Å². The Morgan fingerprint density at radius 2 is 1.69 bits per heavy atom. The van der Waals surface area contributed by atoms with Crippen molar-refractivity contribution >= 4 is 15.9 Å². The molecule has 1 aliphatic heterocycles. The van der Waals surface area contributed by atoms with Crippen LogP contribution in [0.4, 0.5) is 17.6 Å². The quantitative estimate of drug-likeness (QED) is 0.450. The Balaban J connectivity index is 1.42. The van der Waals surface area contributed by atoms with E-state index in [4.69, 9.17) is 0 Å². The van der Waals surface area contributed by atoms with Crippen LogP contribution in [0.2, 0.25) is 0 Å². The Hall–Kier alpha value is -3.44. The van der Waals surface area contributed by atoms with E-state index in [1.165, 1.54) is 36.4 Å². The first-order valence-electron chi connectivity index (χ1n) is 11.0. The highest BCUT2D eigenvalue weighted by molar-refractivity contribution is 7.89. The van der Waals surface area contributed by atoms with Gasteiger partial charge in [0.1, 0.15) is 17.6 Å². The number of sulfonamides is 1. The number of nitrogens with zero attached hydrogens (tertiary/aromatic N) is 1. The van der Waals surface area contributed by atoms with Crippen LogP contribution in [0.1, 0.15) is 18.4 Å². The third-order valence-electron chi connectivity index (χ3n) is 5.74. The SMILES string of the molecule is O=C(NCc1cccc(-c2ccc(OC(F)(F)F)cc2)c1)C1CCCN1S(=O)(=O)c1ccc(F)cc1. The Labute approximate surface area is 205 Å². The van der Waals surface area contributed by atoms with Crippen molar-refractivity contribution in [2.45, 2.75) is 36.7 Å². The second-order valence-corrected chi connectivity index (χ2v) is 10.1. The molecule has 1 heterocycles. The first kappa shape index (κ1) is 25.6. The number of halogens is 4. The highest BCUT2D eigenvalue weighted by Crippen LogP contribution is 2.28. The molecule has 36 heavy (non-hydrogen) atoms. The molecule has 0 bridgehead atoms. The number of carbonyl (C=O) groups is 1. The lowest BCUT2D eigenvalue weighted by Gasteiger charge is -2.23. The van der Waals surface area contributed by atoms with Crippen molar-refractivity contribution in [3.8, 4) is 16.9 Å². The lowest BCUT2D eigenvalue weighted by molar-refractivity contribution is -0.274. The zero-order valence-corrected chi connectivity index (χ0v) is 19.7. The van der Waals surface area contributed by atoms with Gasteiger partial charge in [-0.05, 0) is 72.0 Å². The average Bonchev–Trinajstić information content (AvgIpc) is 3.34. The molecule has 1 fully saturated rings. The summed E-state index contributed by atoms with van der Waals surface area (Å²) < 4.78 is 81.3. The molecule has 0 spiro atoms. The molecule has 0 saturated carbocycles. The number of carbonyl (C=O) groups excluding carboxylic acids is 1. The highest BCUT2D eigenvalue weighted by Gasteiger charge is 2.39. The average molecular weight is 523 g/mol. The number of ether oxygens (including phenoxy) is 1. The minimum atomic E-state index is -4.77. The molecule has 1 amide bonds. The molecule has 1 aliphatic rings. The van der Waals surface area contributed by atoms with Crippen LogP contribution in [0.5, 0.6) is 5.75 Å². The van der Waals surface area contributed by atoms with E-state index in [1.807, 2.05) is 0 Å². The fraction of sp³-hybridized carbons (Fsp3) is 0.240. The summed E-state index contributed by atoms with van der Waals surface area (Å²) >= 11 is 0. The summed E-state index contributed by atoms with van der Waals surface area (Å²) in [6, 6.07) is 16.1. The van der Waals surface area contributed by atoms with Crippen LogP contribution in [0.3, 0.4) is 0 Å². The molecule has 0 aliphatic carbocycles. The third-order valence-corrected chi connectivity index (χ3v) is 7.66. The molecule has 11 heteroatoms. The number of benzene rings is 3. The standard InChI is InChI=1S/C25H22F4N2O4S/c26-20-8-12-22(13-9-20)36(33,34)31-14-2-5-23(31)24(32)30-16-17-3-1-4-19(15-17)18-6-10-21(11-7-18)35-25(27,28)29/h1,3-4,6-13,15,23H,2,5,14,16H2,(H,30,32). The molecule has 1 N–H and O–H groups in total. The summed E-state index contributed by atoms with van der Waals surface area (Å²) in [6.45, 7) is 0.310. The van der Waals surface area contributed by atoms with Crippen LogP contribution in [-0.4, -0.2) is 37.6 Å². The number of hydrogen-bond acceptors (Lipinski definition) is 4. The van der Waals surface area contributed by atoms with Crippen LogP contribution < -0.4 is 10.1 Å². The van der Waals surface area contributed by atoms with Gasteiger partial charge >= 0.3 is 6.36 Å². The van der Waals surface area contributed by atoms with Crippen LogP contribution >= 0.6 is 0 Å². The Morgan fingerprint density at radius 1 is 1.00 bits per heavy atom. The fourth-order valence-corrected chi connectivity index (χ4v) is 5.71. The summed E-state index contributed by atoms with van der Waals surface area (Å²) in [7, 11) is -3.97. The largest absolute Gasteiger partial charge is 0.573 e. The highest BCUT2D eigenvalue weighted by atomic mass is 32.2. The number of alkyl halides is 3. The van der Waals surface area contributed by atoms with E-state index >= 15 is 0 Å². The lowest BCUT2D eigenvalue weighted by Crippen LogP contribution is -2.45. The zero-order valence-electron chi connectivity index (χ0n) is 18.8. The van der Waals surface area contributed by atoms with Crippen molar-refractivity contribution in [2.75, 3.05) is 6.54 Å². The first-order chi connectivity index (χ1) is 17.0. The van der Waals surface area contributed by atoms with Gasteiger partial charge in [0.15, 0.2) is 0 Å². The summed E-state index contributed by atoms with van der Waals surface area (Å²) in [5, 5.41) is 2.77. The molecule has 0 aromatic heterocycles. The molecule has 190 valence electrons. The van der Waals surface area contributed by atoms with Crippen molar-refractivity contribution in [2.24, 2.45) is 0 Å². The molecule has 4 rings (SSSR count). The van der Waals surface area contributed by atoms with Gasteiger partial charge in [0.05, 0.1) is 4.90 Å². The Morgan fingerprint density at radius 3 is 2.36 bits per heavy atom. The van der Waals surface area contributed by atoms with Crippen molar-refractivity contribution in [1.29, 1.82) is 0 Å². The minimum absolute atomic E-state index is 0.0806. The summed E-state index contributed by atoms with van der Waals surface area (Å²) in [5.41, 5.74) is 2.11. The van der Waals surface area contributed by atoms with Gasteiger partial charge < -0.3 is 10.1 Å². The van der Waals surface area contributed by atoms with Crippen LogP contribution in [0.25, 0.3) is 11.1 Å². The molecular formula is C25H22F4N2O4S. The molecule has 3 aromatic carbocycles. The van der Waals surface area contributed by atoms with E-state index in [2.05, 4.69) is 10.1 Å². The summed E-state index contributed by atoms with van der Waals surface area (Å²) in [5.74, 6) is -1.33. The van der Waals surface area contributed by atoms with Gasteiger partial charge in [0.25, 0.3) is 0 Å². The Bertz CT molecular complexity index is 1330. The van der Waals surface area contributed by atoms with Gasteiger partial charge in [-0.1, -0.05) is 30.3 Å². The van der Waals surface area contributed by atoms with Crippen molar-refractivity contribution in [3.05, 3.63) is 84.2 Å². The zero-order chi connectivity index (χ0) is 25.9. The molecular weight excluding hydrogens is 500 g/mol. The van der Waals surface area contributed by atoms with Crippen LogP contribution in [0.15, 0.2) is 77.7 Å². The van der Waals surface area contributed by atoms with E-state index in [-0.39, 0.29) is 23.7 Å². The smallest absolute Gasteiger partial charge is 0.406 e. The normalized spacial score (nSPS) is 16.6. The van der Waals surface area contributed by atoms with Gasteiger partial charge in [0.2, 0.25) is 15.9 Å². The predicted octanol–water partition coefficient (Wildman–Crippen LogP) is 4.86. The van der Waals surface area contributed by atoms with E-state index in [0.29, 0.717) is 18.4 Å². The number of amides is 1. The maximum Gasteiger partial charge on any atom is 0.573 e. The molecule has 6 nitrogen and oxygen atoms in total.